The molecule has 1 aromatic rings. The number of nitrogens with zero attached hydrogens (tertiary/aromatic N) is 1. The predicted octanol–water partition coefficient (Wildman–Crippen LogP) is 4.86. The molecular formula is C24H36N2O. The third kappa shape index (κ3) is 5.01. The van der Waals surface area contributed by atoms with Gasteiger partial charge in [0.05, 0.1) is 0 Å². The van der Waals surface area contributed by atoms with Crippen LogP contribution in [0.3, 0.4) is 0 Å². The van der Waals surface area contributed by atoms with E-state index in [1.54, 1.807) is 0 Å². The molecule has 3 heteroatoms. The van der Waals surface area contributed by atoms with Crippen LogP contribution in [0.2, 0.25) is 0 Å². The highest BCUT2D eigenvalue weighted by Crippen LogP contribution is 2.33. The summed E-state index contributed by atoms with van der Waals surface area (Å²) < 4.78 is 0. The number of rotatable bonds is 4. The molecule has 0 radical (unpaired) electrons. The first kappa shape index (κ1) is 20.1. The fourth-order valence-electron chi connectivity index (χ4n) is 4.61. The Morgan fingerprint density at radius 3 is 2.48 bits per heavy atom. The summed E-state index contributed by atoms with van der Waals surface area (Å²) in [6.07, 6.45) is 9.97. The van der Waals surface area contributed by atoms with Gasteiger partial charge in [-0.1, -0.05) is 31.7 Å². The van der Waals surface area contributed by atoms with E-state index in [0.29, 0.717) is 5.78 Å². The van der Waals surface area contributed by atoms with Crippen LogP contribution >= 0.6 is 0 Å². The summed E-state index contributed by atoms with van der Waals surface area (Å²) in [7, 11) is 4.21. The van der Waals surface area contributed by atoms with E-state index in [-0.39, 0.29) is 11.5 Å². The molecule has 0 bridgehead atoms. The first-order valence-corrected chi connectivity index (χ1v) is 10.6. The Balaban J connectivity index is 1.96. The van der Waals surface area contributed by atoms with Crippen LogP contribution in [0, 0.1) is 12.8 Å². The van der Waals surface area contributed by atoms with Crippen LogP contribution < -0.4 is 5.32 Å². The lowest BCUT2D eigenvalue weighted by Gasteiger charge is -2.36. The van der Waals surface area contributed by atoms with Crippen LogP contribution in [-0.4, -0.2) is 30.3 Å². The molecule has 0 amide bonds. The Kier molecular flexibility index (Phi) is 6.10. The van der Waals surface area contributed by atoms with Crippen LogP contribution in [0.25, 0.3) is 5.70 Å². The monoisotopic (exact) mass is 368 g/mol. The fourth-order valence-corrected chi connectivity index (χ4v) is 4.61. The van der Waals surface area contributed by atoms with E-state index in [1.807, 2.05) is 6.08 Å². The number of aryl methyl sites for hydroxylation is 1. The van der Waals surface area contributed by atoms with Crippen molar-refractivity contribution in [3.8, 4) is 0 Å². The van der Waals surface area contributed by atoms with Crippen molar-refractivity contribution >= 4 is 11.5 Å². The minimum absolute atomic E-state index is 0.0297. The fraction of sp³-hybridized carbons (Fsp3) is 0.625. The van der Waals surface area contributed by atoms with Crippen LogP contribution in [0.1, 0.15) is 74.6 Å². The number of ketones is 1. The second kappa shape index (κ2) is 8.18. The average molecular weight is 369 g/mol. The molecule has 1 fully saturated rings. The van der Waals surface area contributed by atoms with Gasteiger partial charge in [0.1, 0.15) is 0 Å². The van der Waals surface area contributed by atoms with E-state index < -0.39 is 0 Å². The third-order valence-corrected chi connectivity index (χ3v) is 5.99. The lowest BCUT2D eigenvalue weighted by molar-refractivity contribution is -0.118. The molecule has 1 aliphatic heterocycles. The van der Waals surface area contributed by atoms with Crippen LogP contribution in [0.4, 0.5) is 0 Å². The van der Waals surface area contributed by atoms with E-state index in [2.05, 4.69) is 57.2 Å². The molecule has 1 heterocycles. The van der Waals surface area contributed by atoms with Gasteiger partial charge in [0.2, 0.25) is 0 Å². The van der Waals surface area contributed by atoms with E-state index in [4.69, 9.17) is 0 Å². The SMILES string of the molecule is Cc1cc2c(cc1CN(C)C)C(=CC(=O)C1CCCCCC1)NC(C)(C)C2. The van der Waals surface area contributed by atoms with Crippen molar-refractivity contribution in [3.63, 3.8) is 0 Å². The molecule has 1 aromatic carbocycles. The summed E-state index contributed by atoms with van der Waals surface area (Å²) in [5.74, 6) is 0.528. The number of carbonyl (C=O) groups is 1. The Labute approximate surface area is 165 Å². The van der Waals surface area contributed by atoms with E-state index in [9.17, 15) is 4.79 Å². The Morgan fingerprint density at radius 2 is 1.85 bits per heavy atom. The molecule has 0 aromatic heterocycles. The van der Waals surface area contributed by atoms with Gasteiger partial charge in [-0.05, 0) is 76.9 Å². The lowest BCUT2D eigenvalue weighted by Crippen LogP contribution is -2.44. The Morgan fingerprint density at radius 1 is 1.19 bits per heavy atom. The van der Waals surface area contributed by atoms with Gasteiger partial charge in [-0.25, -0.2) is 0 Å². The maximum Gasteiger partial charge on any atom is 0.160 e. The minimum atomic E-state index is -0.0297. The highest BCUT2D eigenvalue weighted by Gasteiger charge is 2.29. The largest absolute Gasteiger partial charge is 0.379 e. The van der Waals surface area contributed by atoms with Crippen LogP contribution in [0.5, 0.6) is 0 Å². The van der Waals surface area contributed by atoms with Crippen molar-refractivity contribution in [1.82, 2.24) is 10.2 Å². The van der Waals surface area contributed by atoms with Gasteiger partial charge in [-0.15, -0.1) is 0 Å². The topological polar surface area (TPSA) is 32.3 Å². The van der Waals surface area contributed by atoms with E-state index >= 15 is 0 Å². The molecule has 0 atom stereocenters. The first-order chi connectivity index (χ1) is 12.7. The molecule has 0 spiro atoms. The van der Waals surface area contributed by atoms with Gasteiger partial charge in [-0.3, -0.25) is 4.79 Å². The maximum atomic E-state index is 13.0. The molecule has 1 saturated carbocycles. The standard InChI is InChI=1S/C24H36N2O/c1-17-12-19-15-24(2,3)25-22(21(19)13-20(17)16-26(4)5)14-23(27)18-10-8-6-7-9-11-18/h12-14,18,25H,6-11,15-16H2,1-5H3. The molecule has 1 N–H and O–H groups in total. The predicted molar refractivity (Wildman–Crippen MR) is 114 cm³/mol. The zero-order valence-corrected chi connectivity index (χ0v) is 17.8. The van der Waals surface area contributed by atoms with Gasteiger partial charge in [0, 0.05) is 35.3 Å². The van der Waals surface area contributed by atoms with Crippen molar-refractivity contribution < 1.29 is 4.79 Å². The first-order valence-electron chi connectivity index (χ1n) is 10.6. The number of benzene rings is 1. The van der Waals surface area contributed by atoms with Crippen molar-refractivity contribution in [2.75, 3.05) is 14.1 Å². The number of carbonyl (C=O) groups excluding carboxylic acids is 1. The Bertz CT molecular complexity index is 722. The summed E-state index contributed by atoms with van der Waals surface area (Å²) in [6, 6.07) is 4.64. The summed E-state index contributed by atoms with van der Waals surface area (Å²) in [5, 5.41) is 3.66. The summed E-state index contributed by atoms with van der Waals surface area (Å²) in [6.45, 7) is 7.58. The Hall–Kier alpha value is -1.61. The van der Waals surface area contributed by atoms with Gasteiger partial charge >= 0.3 is 0 Å². The van der Waals surface area contributed by atoms with Crippen molar-refractivity contribution in [2.24, 2.45) is 5.92 Å². The number of nitrogens with one attached hydrogen (secondary N) is 1. The molecular weight excluding hydrogens is 332 g/mol. The molecule has 3 rings (SSSR count). The normalized spacial score (nSPS) is 21.6. The molecule has 2 aliphatic rings. The van der Waals surface area contributed by atoms with Gasteiger partial charge in [0.25, 0.3) is 0 Å². The van der Waals surface area contributed by atoms with Crippen molar-refractivity contribution in [2.45, 2.75) is 77.8 Å². The molecule has 0 saturated heterocycles. The quantitative estimate of drug-likeness (QED) is 0.608. The molecule has 27 heavy (non-hydrogen) atoms. The molecule has 3 nitrogen and oxygen atoms in total. The summed E-state index contributed by atoms with van der Waals surface area (Å²) >= 11 is 0. The third-order valence-electron chi connectivity index (χ3n) is 5.99. The average Bonchev–Trinajstić information content (AvgIpc) is 2.84. The summed E-state index contributed by atoms with van der Waals surface area (Å²) in [4.78, 5) is 15.2. The molecule has 0 unspecified atom stereocenters. The van der Waals surface area contributed by atoms with Gasteiger partial charge < -0.3 is 10.2 Å². The molecule has 148 valence electrons. The zero-order chi connectivity index (χ0) is 19.6. The van der Waals surface area contributed by atoms with Crippen LogP contribution in [0.15, 0.2) is 18.2 Å². The second-order valence-corrected chi connectivity index (χ2v) is 9.51. The maximum absolute atomic E-state index is 13.0. The number of hydrogen-bond donors (Lipinski definition) is 1. The number of allylic oxidation sites excluding steroid dienone is 1. The summed E-state index contributed by atoms with van der Waals surface area (Å²) in [5.41, 5.74) is 6.26. The lowest BCUT2D eigenvalue weighted by atomic mass is 9.83. The zero-order valence-electron chi connectivity index (χ0n) is 17.8. The second-order valence-electron chi connectivity index (χ2n) is 9.51. The smallest absolute Gasteiger partial charge is 0.160 e. The van der Waals surface area contributed by atoms with E-state index in [1.165, 1.54) is 47.9 Å². The molecule has 1 aliphatic carbocycles. The van der Waals surface area contributed by atoms with Crippen molar-refractivity contribution in [1.29, 1.82) is 0 Å². The van der Waals surface area contributed by atoms with Crippen LogP contribution in [-0.2, 0) is 17.8 Å². The highest BCUT2D eigenvalue weighted by molar-refractivity contribution is 5.98. The van der Waals surface area contributed by atoms with Crippen molar-refractivity contribution in [3.05, 3.63) is 40.5 Å². The minimum Gasteiger partial charge on any atom is -0.379 e. The number of hydrogen-bond acceptors (Lipinski definition) is 3. The van der Waals surface area contributed by atoms with E-state index in [0.717, 1.165) is 31.5 Å². The number of fused-ring (bicyclic) bond motifs is 1. The van der Waals surface area contributed by atoms with Gasteiger partial charge in [-0.2, -0.15) is 0 Å². The highest BCUT2D eigenvalue weighted by atomic mass is 16.1. The van der Waals surface area contributed by atoms with Gasteiger partial charge in [0.15, 0.2) is 5.78 Å².